The monoisotopic (exact) mass is 459 g/mol. The van der Waals surface area contributed by atoms with E-state index in [1.54, 1.807) is 0 Å². The number of amides is 2. The number of nitrogens with zero attached hydrogens (tertiary/aromatic N) is 3. The van der Waals surface area contributed by atoms with E-state index < -0.39 is 11.7 Å². The molecule has 8 heteroatoms. The fourth-order valence-electron chi connectivity index (χ4n) is 5.52. The van der Waals surface area contributed by atoms with Crippen LogP contribution in [-0.4, -0.2) is 71.7 Å². The Bertz CT molecular complexity index is 1020. The molecule has 0 aromatic heterocycles. The van der Waals surface area contributed by atoms with Crippen LogP contribution in [0.4, 0.5) is 18.0 Å². The fraction of sp³-hybridized carbons (Fsp3) is 0.480. The van der Waals surface area contributed by atoms with E-state index in [1.807, 2.05) is 15.9 Å². The van der Waals surface area contributed by atoms with Crippen molar-refractivity contribution in [2.45, 2.75) is 31.0 Å². The Morgan fingerprint density at radius 2 is 1.64 bits per heavy atom. The number of alkyl halides is 3. The van der Waals surface area contributed by atoms with Crippen LogP contribution >= 0.6 is 0 Å². The number of aliphatic hydroxyl groups is 1. The predicted molar refractivity (Wildman–Crippen MR) is 119 cm³/mol. The number of piperidine rings is 1. The van der Waals surface area contributed by atoms with Crippen molar-refractivity contribution in [3.8, 4) is 11.1 Å². The molecule has 2 fully saturated rings. The Morgan fingerprint density at radius 1 is 0.939 bits per heavy atom. The SMILES string of the molecule is O=C(N1CCN(CCO)CC1)N1CC[C@@H]2C[C@H]1c1cc(-c3ccc(C(F)(F)F)cc3)ccc12. The first-order valence-corrected chi connectivity index (χ1v) is 11.6. The van der Waals surface area contributed by atoms with E-state index in [4.69, 9.17) is 5.11 Å². The standard InChI is InChI=1S/C25H28F3N3O2/c26-25(27,28)20-4-1-17(2-5-20)18-3-6-21-19-7-8-31(23(16-19)22(21)15-18)24(33)30-11-9-29(10-12-30)13-14-32/h1-6,15,19,23,32H,7-14,16H2/t19-,23+/m1/s1. The Hall–Kier alpha value is -2.58. The molecule has 2 heterocycles. The molecular weight excluding hydrogens is 431 g/mol. The van der Waals surface area contributed by atoms with E-state index in [1.165, 1.54) is 17.7 Å². The third-order valence-electron chi connectivity index (χ3n) is 7.34. The first-order chi connectivity index (χ1) is 15.8. The number of aliphatic hydroxyl groups excluding tert-OH is 1. The molecule has 2 amide bonds. The van der Waals surface area contributed by atoms with Crippen molar-refractivity contribution in [1.82, 2.24) is 14.7 Å². The molecule has 2 atom stereocenters. The first-order valence-electron chi connectivity index (χ1n) is 11.6. The van der Waals surface area contributed by atoms with Gasteiger partial charge in [-0.25, -0.2) is 4.79 Å². The number of rotatable bonds is 3. The van der Waals surface area contributed by atoms with E-state index in [9.17, 15) is 18.0 Å². The van der Waals surface area contributed by atoms with Gasteiger partial charge in [0, 0.05) is 39.3 Å². The van der Waals surface area contributed by atoms with Gasteiger partial charge in [0.25, 0.3) is 0 Å². The van der Waals surface area contributed by atoms with Crippen LogP contribution in [0.1, 0.15) is 41.5 Å². The molecule has 5 rings (SSSR count). The summed E-state index contributed by atoms with van der Waals surface area (Å²) in [6.07, 6.45) is -2.51. The molecule has 0 unspecified atom stereocenters. The number of urea groups is 1. The number of likely N-dealkylation sites (tertiary alicyclic amines) is 1. The summed E-state index contributed by atoms with van der Waals surface area (Å²) in [4.78, 5) is 19.4. The van der Waals surface area contributed by atoms with E-state index in [0.29, 0.717) is 25.6 Å². The van der Waals surface area contributed by atoms with Gasteiger partial charge in [0.05, 0.1) is 18.2 Å². The van der Waals surface area contributed by atoms with Crippen LogP contribution in [0, 0.1) is 0 Å². The highest BCUT2D eigenvalue weighted by molar-refractivity contribution is 5.76. The van der Waals surface area contributed by atoms with Crippen LogP contribution in [0.2, 0.25) is 0 Å². The molecule has 2 saturated heterocycles. The number of hydrogen-bond donors (Lipinski definition) is 1. The summed E-state index contributed by atoms with van der Waals surface area (Å²) in [5, 5.41) is 9.14. The molecular formula is C25H28F3N3O2. The predicted octanol–water partition coefficient (Wildman–Crippen LogP) is 4.34. The molecule has 1 aliphatic carbocycles. The maximum Gasteiger partial charge on any atom is 0.416 e. The van der Waals surface area contributed by atoms with Gasteiger partial charge in [-0.15, -0.1) is 0 Å². The lowest BCUT2D eigenvalue weighted by Gasteiger charge is -2.41. The van der Waals surface area contributed by atoms with Gasteiger partial charge in [0.1, 0.15) is 0 Å². The van der Waals surface area contributed by atoms with Crippen molar-refractivity contribution in [3.63, 3.8) is 0 Å². The summed E-state index contributed by atoms with van der Waals surface area (Å²) in [5.74, 6) is 0.428. The van der Waals surface area contributed by atoms with Crippen LogP contribution in [0.5, 0.6) is 0 Å². The number of β-amino-alcohol motifs (C(OH)–C–C–N with tert-alkyl or cyclic N) is 1. The molecule has 1 N–H and O–H groups in total. The van der Waals surface area contributed by atoms with Gasteiger partial charge in [-0.2, -0.15) is 13.2 Å². The zero-order chi connectivity index (χ0) is 23.2. The lowest BCUT2D eigenvalue weighted by Crippen LogP contribution is -2.54. The summed E-state index contributed by atoms with van der Waals surface area (Å²) >= 11 is 0. The molecule has 0 radical (unpaired) electrons. The zero-order valence-corrected chi connectivity index (χ0v) is 18.4. The summed E-state index contributed by atoms with van der Waals surface area (Å²) in [6, 6.07) is 11.5. The van der Waals surface area contributed by atoms with Crippen LogP contribution in [0.15, 0.2) is 42.5 Å². The van der Waals surface area contributed by atoms with Gasteiger partial charge < -0.3 is 14.9 Å². The van der Waals surface area contributed by atoms with Gasteiger partial charge in [-0.3, -0.25) is 4.90 Å². The van der Waals surface area contributed by atoms with E-state index in [2.05, 4.69) is 17.0 Å². The van der Waals surface area contributed by atoms with Crippen LogP contribution in [-0.2, 0) is 6.18 Å². The highest BCUT2D eigenvalue weighted by Crippen LogP contribution is 2.50. The van der Waals surface area contributed by atoms with Crippen molar-refractivity contribution in [1.29, 1.82) is 0 Å². The van der Waals surface area contributed by atoms with E-state index >= 15 is 0 Å². The van der Waals surface area contributed by atoms with Gasteiger partial charge in [0.15, 0.2) is 0 Å². The second-order valence-electron chi connectivity index (χ2n) is 9.18. The normalized spacial score (nSPS) is 23.0. The van der Waals surface area contributed by atoms with Crippen LogP contribution in [0.25, 0.3) is 11.1 Å². The van der Waals surface area contributed by atoms with Crippen molar-refractivity contribution in [2.75, 3.05) is 45.9 Å². The molecule has 5 nitrogen and oxygen atoms in total. The Morgan fingerprint density at radius 3 is 2.30 bits per heavy atom. The lowest BCUT2D eigenvalue weighted by molar-refractivity contribution is -0.137. The van der Waals surface area contributed by atoms with Gasteiger partial charge >= 0.3 is 12.2 Å². The Kier molecular flexibility index (Phi) is 5.82. The third-order valence-corrected chi connectivity index (χ3v) is 7.34. The molecule has 0 spiro atoms. The van der Waals surface area contributed by atoms with Crippen molar-refractivity contribution < 1.29 is 23.1 Å². The molecule has 2 bridgehead atoms. The second kappa shape index (κ2) is 8.65. The Balaban J connectivity index is 1.36. The van der Waals surface area contributed by atoms with Gasteiger partial charge in [0.2, 0.25) is 0 Å². The molecule has 33 heavy (non-hydrogen) atoms. The highest BCUT2D eigenvalue weighted by atomic mass is 19.4. The summed E-state index contributed by atoms with van der Waals surface area (Å²) in [5.41, 5.74) is 3.35. The maximum absolute atomic E-state index is 13.4. The summed E-state index contributed by atoms with van der Waals surface area (Å²) in [6.45, 7) is 4.32. The molecule has 2 aromatic carbocycles. The highest BCUT2D eigenvalue weighted by Gasteiger charge is 2.42. The quantitative estimate of drug-likeness (QED) is 0.743. The maximum atomic E-state index is 13.4. The lowest BCUT2D eigenvalue weighted by atomic mass is 9.94. The fourth-order valence-corrected chi connectivity index (χ4v) is 5.52. The van der Waals surface area contributed by atoms with Crippen molar-refractivity contribution >= 4 is 6.03 Å². The third kappa shape index (κ3) is 4.22. The number of piperazine rings is 1. The average Bonchev–Trinajstić information content (AvgIpc) is 3.10. The number of halogens is 3. The number of carbonyl (C=O) groups is 1. The van der Waals surface area contributed by atoms with Gasteiger partial charge in [-0.1, -0.05) is 24.3 Å². The number of carbonyl (C=O) groups excluding carboxylic acids is 1. The summed E-state index contributed by atoms with van der Waals surface area (Å²) in [7, 11) is 0. The van der Waals surface area contributed by atoms with Crippen molar-refractivity contribution in [2.24, 2.45) is 0 Å². The molecule has 176 valence electrons. The minimum Gasteiger partial charge on any atom is -0.395 e. The number of fused-ring (bicyclic) bond motifs is 5. The minimum atomic E-state index is -4.35. The first kappa shape index (κ1) is 22.2. The average molecular weight is 460 g/mol. The minimum absolute atomic E-state index is 0.0103. The molecule has 0 saturated carbocycles. The molecule has 2 aromatic rings. The smallest absolute Gasteiger partial charge is 0.395 e. The zero-order valence-electron chi connectivity index (χ0n) is 18.4. The van der Waals surface area contributed by atoms with Crippen LogP contribution < -0.4 is 0 Å². The van der Waals surface area contributed by atoms with Crippen LogP contribution in [0.3, 0.4) is 0 Å². The van der Waals surface area contributed by atoms with Crippen molar-refractivity contribution in [3.05, 3.63) is 59.2 Å². The molecule has 2 aliphatic heterocycles. The number of benzene rings is 2. The van der Waals surface area contributed by atoms with Gasteiger partial charge in [-0.05, 0) is 59.2 Å². The topological polar surface area (TPSA) is 47.0 Å². The largest absolute Gasteiger partial charge is 0.416 e. The second-order valence-corrected chi connectivity index (χ2v) is 9.18. The van der Waals surface area contributed by atoms with E-state index in [0.717, 1.165) is 61.3 Å². The van der Waals surface area contributed by atoms with E-state index in [-0.39, 0.29) is 18.7 Å². The summed E-state index contributed by atoms with van der Waals surface area (Å²) < 4.78 is 38.8. The Labute approximate surface area is 191 Å². The molecule has 3 aliphatic rings. The number of hydrogen-bond acceptors (Lipinski definition) is 3.